The third-order valence-electron chi connectivity index (χ3n) is 3.70. The summed E-state index contributed by atoms with van der Waals surface area (Å²) in [6.07, 6.45) is -2.24. The van der Waals surface area contributed by atoms with Crippen molar-refractivity contribution in [2.75, 3.05) is 12.4 Å². The Balaban J connectivity index is 2.07. The van der Waals surface area contributed by atoms with E-state index < -0.39 is 23.9 Å². The van der Waals surface area contributed by atoms with Crippen LogP contribution in [-0.4, -0.2) is 33.1 Å². The highest BCUT2D eigenvalue weighted by molar-refractivity contribution is 7.99. The number of thioether (sulfide) groups is 1. The second kappa shape index (κ2) is 8.09. The van der Waals surface area contributed by atoms with Crippen LogP contribution in [0.15, 0.2) is 51.3 Å². The van der Waals surface area contributed by atoms with E-state index in [1.807, 2.05) is 6.92 Å². The zero-order chi connectivity index (χ0) is 20.3. The molecule has 0 aliphatic rings. The fourth-order valence-corrected chi connectivity index (χ4v) is 3.34. The van der Waals surface area contributed by atoms with Crippen LogP contribution in [0.25, 0.3) is 16.6 Å². The molecule has 0 saturated heterocycles. The molecule has 0 amide bonds. The molecule has 0 spiro atoms. The normalized spacial score (nSPS) is 11.7. The summed E-state index contributed by atoms with van der Waals surface area (Å²) >= 11 is 1.32. The van der Waals surface area contributed by atoms with Crippen LogP contribution in [-0.2, 0) is 0 Å². The van der Waals surface area contributed by atoms with E-state index in [1.54, 1.807) is 0 Å². The summed E-state index contributed by atoms with van der Waals surface area (Å²) in [7, 11) is 0. The van der Waals surface area contributed by atoms with Gasteiger partial charge in [-0.2, -0.15) is 13.2 Å². The molecule has 2 heterocycles. The number of alkyl halides is 3. The Kier molecular flexibility index (Phi) is 5.78. The first-order valence-corrected chi connectivity index (χ1v) is 9.36. The van der Waals surface area contributed by atoms with E-state index in [9.17, 15) is 22.8 Å². The van der Waals surface area contributed by atoms with Gasteiger partial charge in [-0.3, -0.25) is 14.2 Å². The van der Waals surface area contributed by atoms with Gasteiger partial charge in [-0.25, -0.2) is 4.98 Å². The molecule has 2 aromatic heterocycles. The molecular formula is C18H16F3N3O3S. The molecule has 0 bridgehead atoms. The minimum absolute atomic E-state index is 0.0297. The highest BCUT2D eigenvalue weighted by atomic mass is 32.2. The second-order valence-electron chi connectivity index (χ2n) is 5.85. The first-order chi connectivity index (χ1) is 13.3. The molecule has 1 N–H and O–H groups in total. The molecule has 1 aromatic carbocycles. The van der Waals surface area contributed by atoms with Crippen LogP contribution >= 0.6 is 11.8 Å². The number of aromatic amines is 1. The first-order valence-electron chi connectivity index (χ1n) is 8.37. The second-order valence-corrected chi connectivity index (χ2v) is 6.91. The molecule has 148 valence electrons. The number of fused-ring (bicyclic) bond motifs is 1. The van der Waals surface area contributed by atoms with Gasteiger partial charge in [0.1, 0.15) is 11.3 Å². The largest absolute Gasteiger partial charge is 0.484 e. The summed E-state index contributed by atoms with van der Waals surface area (Å²) in [5.74, 6) is 0.706. The van der Waals surface area contributed by atoms with E-state index >= 15 is 0 Å². The van der Waals surface area contributed by atoms with E-state index in [4.69, 9.17) is 4.74 Å². The van der Waals surface area contributed by atoms with Gasteiger partial charge < -0.3 is 9.72 Å². The number of ether oxygens (including phenoxy) is 1. The zero-order valence-corrected chi connectivity index (χ0v) is 15.6. The number of nitrogens with one attached hydrogen (secondary N) is 1. The molecule has 6 nitrogen and oxygen atoms in total. The van der Waals surface area contributed by atoms with Crippen LogP contribution in [0.1, 0.15) is 13.3 Å². The Morgan fingerprint density at radius 1 is 1.18 bits per heavy atom. The maximum Gasteiger partial charge on any atom is 0.422 e. The van der Waals surface area contributed by atoms with Crippen molar-refractivity contribution in [3.05, 3.63) is 57.2 Å². The third-order valence-corrected chi connectivity index (χ3v) is 4.84. The Morgan fingerprint density at radius 3 is 2.54 bits per heavy atom. The average Bonchev–Trinajstić information content (AvgIpc) is 2.65. The van der Waals surface area contributed by atoms with Crippen LogP contribution in [0, 0.1) is 0 Å². The predicted molar refractivity (Wildman–Crippen MR) is 101 cm³/mol. The smallest absolute Gasteiger partial charge is 0.422 e. The van der Waals surface area contributed by atoms with Crippen molar-refractivity contribution in [1.29, 1.82) is 0 Å². The number of nitrogens with zero attached hydrogens (tertiary/aromatic N) is 2. The first kappa shape index (κ1) is 20.0. The van der Waals surface area contributed by atoms with Crippen molar-refractivity contribution in [3.8, 4) is 11.4 Å². The van der Waals surface area contributed by atoms with Crippen LogP contribution < -0.4 is 15.9 Å². The van der Waals surface area contributed by atoms with Gasteiger partial charge in [0.2, 0.25) is 0 Å². The Labute approximate surface area is 161 Å². The predicted octanol–water partition coefficient (Wildman–Crippen LogP) is 3.52. The molecule has 3 rings (SSSR count). The number of aromatic nitrogens is 3. The van der Waals surface area contributed by atoms with Gasteiger partial charge in [0.25, 0.3) is 11.1 Å². The summed E-state index contributed by atoms with van der Waals surface area (Å²) < 4.78 is 42.9. The molecule has 10 heteroatoms. The molecule has 0 radical (unpaired) electrons. The van der Waals surface area contributed by atoms with Gasteiger partial charge in [-0.1, -0.05) is 18.7 Å². The monoisotopic (exact) mass is 411 g/mol. The lowest BCUT2D eigenvalue weighted by molar-refractivity contribution is -0.153. The molecule has 0 atom stereocenters. The van der Waals surface area contributed by atoms with Crippen LogP contribution in [0.5, 0.6) is 5.75 Å². The Bertz CT molecular complexity index is 1090. The van der Waals surface area contributed by atoms with Crippen molar-refractivity contribution in [1.82, 2.24) is 14.5 Å². The summed E-state index contributed by atoms with van der Waals surface area (Å²) in [6.45, 7) is 0.570. The number of pyridine rings is 1. The molecule has 0 aliphatic carbocycles. The van der Waals surface area contributed by atoms with Gasteiger partial charge in [-0.15, -0.1) is 0 Å². The molecule has 0 aliphatic heterocycles. The number of halogens is 3. The summed E-state index contributed by atoms with van der Waals surface area (Å²) in [4.78, 5) is 31.8. The van der Waals surface area contributed by atoms with E-state index in [-0.39, 0.29) is 16.7 Å². The highest BCUT2D eigenvalue weighted by Gasteiger charge is 2.28. The summed E-state index contributed by atoms with van der Waals surface area (Å²) in [5, 5.41) is 0.488. The molecule has 0 saturated carbocycles. The third kappa shape index (κ3) is 4.38. The number of hydrogen-bond acceptors (Lipinski definition) is 5. The summed E-state index contributed by atoms with van der Waals surface area (Å²) in [5.41, 5.74) is -0.431. The van der Waals surface area contributed by atoms with Gasteiger partial charge >= 0.3 is 6.18 Å². The Hall–Kier alpha value is -2.75. The molecule has 3 aromatic rings. The average molecular weight is 411 g/mol. The van der Waals surface area contributed by atoms with E-state index in [1.165, 1.54) is 52.9 Å². The van der Waals surface area contributed by atoms with Gasteiger partial charge in [0.05, 0.1) is 11.1 Å². The van der Waals surface area contributed by atoms with Crippen molar-refractivity contribution in [2.45, 2.75) is 24.7 Å². The SMILES string of the molecule is CCCSc1nc2c(=O)[nH]ccc2c(=O)n1-c1ccc(OCC(F)(F)F)cc1. The van der Waals surface area contributed by atoms with Crippen molar-refractivity contribution in [2.24, 2.45) is 0 Å². The highest BCUT2D eigenvalue weighted by Crippen LogP contribution is 2.23. The van der Waals surface area contributed by atoms with Crippen LogP contribution in [0.3, 0.4) is 0 Å². The van der Waals surface area contributed by atoms with Crippen molar-refractivity contribution >= 4 is 22.7 Å². The minimum atomic E-state index is -4.44. The molecule has 0 fully saturated rings. The lowest BCUT2D eigenvalue weighted by atomic mass is 10.2. The lowest BCUT2D eigenvalue weighted by Gasteiger charge is -2.14. The number of H-pyrrole nitrogens is 1. The standard InChI is InChI=1S/C18H16F3N3O3S/c1-2-9-28-17-23-14-13(7-8-22-15(14)25)16(26)24(17)11-3-5-12(6-4-11)27-10-18(19,20)21/h3-8H,2,9-10H2,1H3,(H,22,25). The fraction of sp³-hybridized carbons (Fsp3) is 0.278. The Morgan fingerprint density at radius 2 is 1.89 bits per heavy atom. The van der Waals surface area contributed by atoms with Gasteiger partial charge in [-0.05, 0) is 36.8 Å². The lowest BCUT2D eigenvalue weighted by Crippen LogP contribution is -2.24. The molecule has 28 heavy (non-hydrogen) atoms. The van der Waals surface area contributed by atoms with E-state index in [0.717, 1.165) is 6.42 Å². The minimum Gasteiger partial charge on any atom is -0.484 e. The number of hydrogen-bond donors (Lipinski definition) is 1. The molecular weight excluding hydrogens is 395 g/mol. The van der Waals surface area contributed by atoms with E-state index in [2.05, 4.69) is 9.97 Å². The van der Waals surface area contributed by atoms with Gasteiger partial charge in [0, 0.05) is 11.9 Å². The van der Waals surface area contributed by atoms with Crippen LogP contribution in [0.4, 0.5) is 13.2 Å². The molecule has 0 unspecified atom stereocenters. The maximum absolute atomic E-state index is 13.0. The van der Waals surface area contributed by atoms with Crippen molar-refractivity contribution < 1.29 is 17.9 Å². The van der Waals surface area contributed by atoms with Gasteiger partial charge in [0.15, 0.2) is 11.8 Å². The topological polar surface area (TPSA) is 77.0 Å². The maximum atomic E-state index is 13.0. The van der Waals surface area contributed by atoms with Crippen LogP contribution in [0.2, 0.25) is 0 Å². The fourth-order valence-electron chi connectivity index (χ4n) is 2.48. The summed E-state index contributed by atoms with van der Waals surface area (Å²) in [6, 6.07) is 7.12. The number of rotatable bonds is 6. The van der Waals surface area contributed by atoms with Crippen molar-refractivity contribution in [3.63, 3.8) is 0 Å². The quantitative estimate of drug-likeness (QED) is 0.496. The van der Waals surface area contributed by atoms with E-state index in [0.29, 0.717) is 16.6 Å². The number of benzene rings is 1. The zero-order valence-electron chi connectivity index (χ0n) is 14.7.